The molecule has 0 radical (unpaired) electrons. The van der Waals surface area contributed by atoms with Crippen molar-refractivity contribution < 1.29 is 14.7 Å². The van der Waals surface area contributed by atoms with E-state index in [1.807, 2.05) is 56.3 Å². The number of aryl methyl sites for hydroxylation is 3. The fourth-order valence-corrected chi connectivity index (χ4v) is 4.44. The van der Waals surface area contributed by atoms with Gasteiger partial charge < -0.3 is 10.0 Å². The molecule has 1 aliphatic heterocycles. The number of hydrogen-bond donors (Lipinski definition) is 1. The number of para-hydroxylation sites is 1. The van der Waals surface area contributed by atoms with Crippen molar-refractivity contribution in [3.8, 4) is 0 Å². The van der Waals surface area contributed by atoms with Gasteiger partial charge in [0.1, 0.15) is 0 Å². The van der Waals surface area contributed by atoms with E-state index in [0.29, 0.717) is 23.4 Å². The molecule has 1 atom stereocenters. The maximum Gasteiger partial charge on any atom is 0.264 e. The van der Waals surface area contributed by atoms with Gasteiger partial charge in [-0.1, -0.05) is 72.3 Å². The molecule has 0 spiro atoms. The summed E-state index contributed by atoms with van der Waals surface area (Å²) in [6.45, 7) is 4.34. The van der Waals surface area contributed by atoms with Crippen LogP contribution in [0.25, 0.3) is 0 Å². The topological polar surface area (TPSA) is 57.6 Å². The van der Waals surface area contributed by atoms with Crippen molar-refractivity contribution >= 4 is 17.4 Å². The first-order valence-corrected chi connectivity index (χ1v) is 10.7. The normalized spacial score (nSPS) is 17.6. The molecular formula is C27H27NO3. The number of rotatable bonds is 7. The zero-order valence-corrected chi connectivity index (χ0v) is 18.0. The highest BCUT2D eigenvalue weighted by Gasteiger charge is 2.50. The summed E-state index contributed by atoms with van der Waals surface area (Å²) in [4.78, 5) is 28.1. The first-order valence-electron chi connectivity index (χ1n) is 10.7. The summed E-state index contributed by atoms with van der Waals surface area (Å²) in [6.07, 6.45) is 1.35. The second-order valence-corrected chi connectivity index (χ2v) is 8.34. The Hall–Kier alpha value is -3.24. The van der Waals surface area contributed by atoms with Gasteiger partial charge in [-0.2, -0.15) is 0 Å². The number of nitrogens with zero attached hydrogens (tertiary/aromatic N) is 1. The van der Waals surface area contributed by atoms with Gasteiger partial charge in [0, 0.05) is 17.7 Å². The molecule has 4 nitrogen and oxygen atoms in total. The number of benzene rings is 3. The smallest absolute Gasteiger partial charge is 0.264 e. The Morgan fingerprint density at radius 2 is 1.68 bits per heavy atom. The van der Waals surface area contributed by atoms with Crippen LogP contribution in [0, 0.1) is 13.8 Å². The van der Waals surface area contributed by atoms with E-state index in [1.54, 1.807) is 23.1 Å². The molecule has 1 heterocycles. The van der Waals surface area contributed by atoms with Gasteiger partial charge in [0.2, 0.25) is 0 Å². The van der Waals surface area contributed by atoms with E-state index in [1.165, 1.54) is 5.56 Å². The van der Waals surface area contributed by atoms with Crippen LogP contribution >= 0.6 is 0 Å². The van der Waals surface area contributed by atoms with E-state index in [2.05, 4.69) is 12.1 Å². The Bertz CT molecular complexity index is 1120. The quantitative estimate of drug-likeness (QED) is 0.569. The summed E-state index contributed by atoms with van der Waals surface area (Å²) in [5.74, 6) is -0.644. The molecule has 0 aromatic heterocycles. The predicted octanol–water partition coefficient (Wildman–Crippen LogP) is 4.74. The third-order valence-corrected chi connectivity index (χ3v) is 6.03. The van der Waals surface area contributed by atoms with Crippen molar-refractivity contribution in [3.05, 3.63) is 101 Å². The van der Waals surface area contributed by atoms with Crippen LogP contribution in [0.15, 0.2) is 72.8 Å². The molecule has 0 bridgehead atoms. The molecule has 0 unspecified atom stereocenters. The van der Waals surface area contributed by atoms with E-state index in [-0.39, 0.29) is 12.2 Å². The summed E-state index contributed by atoms with van der Waals surface area (Å²) < 4.78 is 0. The highest BCUT2D eigenvalue weighted by Crippen LogP contribution is 2.43. The van der Waals surface area contributed by atoms with Gasteiger partial charge in [-0.05, 0) is 43.9 Å². The summed E-state index contributed by atoms with van der Waals surface area (Å²) in [6, 6.07) is 23.0. The minimum absolute atomic E-state index is 0.228. The van der Waals surface area contributed by atoms with Crippen molar-refractivity contribution in [2.45, 2.75) is 38.7 Å². The van der Waals surface area contributed by atoms with E-state index >= 15 is 0 Å². The van der Waals surface area contributed by atoms with Crippen LogP contribution in [0.3, 0.4) is 0 Å². The predicted molar refractivity (Wildman–Crippen MR) is 122 cm³/mol. The average molecular weight is 414 g/mol. The molecule has 1 aliphatic rings. The summed E-state index contributed by atoms with van der Waals surface area (Å²) in [5.41, 5.74) is 3.05. The maximum atomic E-state index is 13.4. The number of Topliss-reactive ketones (excluding diaryl/α,β-unsaturated/α-hetero) is 1. The first-order chi connectivity index (χ1) is 14.9. The number of carbonyl (C=O) groups is 2. The lowest BCUT2D eigenvalue weighted by Crippen LogP contribution is -2.42. The van der Waals surface area contributed by atoms with Crippen molar-refractivity contribution in [2.75, 3.05) is 11.4 Å². The van der Waals surface area contributed by atoms with Crippen LogP contribution < -0.4 is 4.90 Å². The molecule has 31 heavy (non-hydrogen) atoms. The van der Waals surface area contributed by atoms with Gasteiger partial charge in [-0.25, -0.2) is 0 Å². The van der Waals surface area contributed by atoms with E-state index < -0.39 is 11.5 Å². The summed E-state index contributed by atoms with van der Waals surface area (Å²) in [7, 11) is 0. The molecule has 0 saturated carbocycles. The largest absolute Gasteiger partial charge is 0.375 e. The fraction of sp³-hybridized carbons (Fsp3) is 0.259. The maximum absolute atomic E-state index is 13.4. The molecular weight excluding hydrogens is 386 g/mol. The monoisotopic (exact) mass is 413 g/mol. The molecule has 1 N–H and O–H groups in total. The van der Waals surface area contributed by atoms with Crippen molar-refractivity contribution in [3.63, 3.8) is 0 Å². The Balaban J connectivity index is 1.56. The molecule has 0 aliphatic carbocycles. The second-order valence-electron chi connectivity index (χ2n) is 8.34. The van der Waals surface area contributed by atoms with E-state index in [4.69, 9.17) is 0 Å². The molecule has 0 saturated heterocycles. The molecule has 0 fully saturated rings. The first kappa shape index (κ1) is 21.0. The average Bonchev–Trinajstić information content (AvgIpc) is 2.96. The number of fused-ring (bicyclic) bond motifs is 1. The minimum Gasteiger partial charge on any atom is -0.375 e. The Kier molecular flexibility index (Phi) is 5.75. The van der Waals surface area contributed by atoms with Crippen LogP contribution in [0.1, 0.15) is 45.5 Å². The number of carbonyl (C=O) groups excluding carboxylic acids is 2. The highest BCUT2D eigenvalue weighted by atomic mass is 16.3. The van der Waals surface area contributed by atoms with Crippen LogP contribution in [0.5, 0.6) is 0 Å². The Labute approximate surface area is 183 Å². The van der Waals surface area contributed by atoms with Crippen molar-refractivity contribution in [1.82, 2.24) is 0 Å². The van der Waals surface area contributed by atoms with Gasteiger partial charge in [0.15, 0.2) is 11.4 Å². The molecule has 1 amide bonds. The standard InChI is InChI=1S/C27H27NO3/c1-19-14-15-22(20(2)17-19)25(29)18-27(31)23-12-6-7-13-24(23)28(26(27)30)16-8-11-21-9-4-3-5-10-21/h3-7,9-10,12-15,17,31H,8,11,16,18H2,1-2H3/t27-/m0/s1. The molecule has 4 rings (SSSR count). The van der Waals surface area contributed by atoms with E-state index in [9.17, 15) is 14.7 Å². The zero-order chi connectivity index (χ0) is 22.0. The lowest BCUT2D eigenvalue weighted by atomic mass is 9.87. The summed E-state index contributed by atoms with van der Waals surface area (Å²) in [5, 5.41) is 11.5. The van der Waals surface area contributed by atoms with Gasteiger partial charge in [-0.15, -0.1) is 0 Å². The van der Waals surface area contributed by atoms with Gasteiger partial charge in [0.05, 0.1) is 12.1 Å². The molecule has 3 aromatic carbocycles. The Morgan fingerprint density at radius 1 is 0.968 bits per heavy atom. The van der Waals surface area contributed by atoms with Crippen LogP contribution in [0.2, 0.25) is 0 Å². The minimum atomic E-state index is -1.84. The highest BCUT2D eigenvalue weighted by molar-refractivity contribution is 6.11. The van der Waals surface area contributed by atoms with Crippen LogP contribution in [-0.4, -0.2) is 23.3 Å². The number of amides is 1. The molecule has 158 valence electrons. The van der Waals surface area contributed by atoms with Crippen molar-refractivity contribution in [2.24, 2.45) is 0 Å². The lowest BCUT2D eigenvalue weighted by Gasteiger charge is -2.23. The number of aliphatic hydroxyl groups is 1. The SMILES string of the molecule is Cc1ccc(C(=O)C[C@@]2(O)C(=O)N(CCCc3ccccc3)c3ccccc32)c(C)c1. The molecule has 3 aromatic rings. The third kappa shape index (κ3) is 4.04. The van der Waals surface area contributed by atoms with Gasteiger partial charge in [0.25, 0.3) is 5.91 Å². The Morgan fingerprint density at radius 3 is 2.42 bits per heavy atom. The third-order valence-electron chi connectivity index (χ3n) is 6.03. The van der Waals surface area contributed by atoms with Gasteiger partial charge >= 0.3 is 0 Å². The summed E-state index contributed by atoms with van der Waals surface area (Å²) >= 11 is 0. The van der Waals surface area contributed by atoms with Crippen molar-refractivity contribution in [1.29, 1.82) is 0 Å². The second kappa shape index (κ2) is 8.48. The van der Waals surface area contributed by atoms with Gasteiger partial charge in [-0.3, -0.25) is 9.59 Å². The fourth-order valence-electron chi connectivity index (χ4n) is 4.44. The van der Waals surface area contributed by atoms with Crippen LogP contribution in [-0.2, 0) is 16.8 Å². The number of ketones is 1. The molecule has 4 heteroatoms. The van der Waals surface area contributed by atoms with E-state index in [0.717, 1.165) is 24.0 Å². The number of hydrogen-bond acceptors (Lipinski definition) is 3. The van der Waals surface area contributed by atoms with Crippen LogP contribution in [0.4, 0.5) is 5.69 Å². The lowest BCUT2D eigenvalue weighted by molar-refractivity contribution is -0.135. The number of anilines is 1. The zero-order valence-electron chi connectivity index (χ0n) is 18.0.